The van der Waals surface area contributed by atoms with Crippen LogP contribution in [0, 0.1) is 16.7 Å². The van der Waals surface area contributed by atoms with Gasteiger partial charge < -0.3 is 4.74 Å². The molecule has 0 N–H and O–H groups in total. The maximum atomic E-state index is 8.96. The Balaban J connectivity index is 2.18. The second-order valence-corrected chi connectivity index (χ2v) is 4.38. The molecule has 1 aromatic carbocycles. The zero-order chi connectivity index (χ0) is 12.6. The molecular weight excluding hydrogens is 210 g/mol. The van der Waals surface area contributed by atoms with Crippen molar-refractivity contribution in [2.24, 2.45) is 5.41 Å². The van der Waals surface area contributed by atoms with Crippen molar-refractivity contribution in [1.29, 1.82) is 5.26 Å². The van der Waals surface area contributed by atoms with Crippen LogP contribution in [0.5, 0.6) is 0 Å². The maximum Gasteiger partial charge on any atom is 0.0728 e. The van der Waals surface area contributed by atoms with E-state index in [1.54, 1.807) is 6.08 Å². The first-order chi connectivity index (χ1) is 8.20. The van der Waals surface area contributed by atoms with E-state index in [0.717, 1.165) is 12.8 Å². The van der Waals surface area contributed by atoms with Crippen LogP contribution in [0.4, 0.5) is 0 Å². The van der Waals surface area contributed by atoms with Crippen LogP contribution in [-0.4, -0.2) is 6.61 Å². The predicted molar refractivity (Wildman–Crippen MR) is 69.2 cm³/mol. The molecule has 0 saturated heterocycles. The van der Waals surface area contributed by atoms with Gasteiger partial charge in [0.25, 0.3) is 0 Å². The zero-order valence-corrected chi connectivity index (χ0v) is 10.4. The van der Waals surface area contributed by atoms with Crippen LogP contribution in [-0.2, 0) is 11.3 Å². The van der Waals surface area contributed by atoms with Crippen molar-refractivity contribution in [3.8, 4) is 6.07 Å². The largest absolute Gasteiger partial charge is 0.377 e. The van der Waals surface area contributed by atoms with Gasteiger partial charge in [-0.3, -0.25) is 0 Å². The van der Waals surface area contributed by atoms with E-state index >= 15 is 0 Å². The van der Waals surface area contributed by atoms with Crippen LogP contribution < -0.4 is 0 Å². The smallest absolute Gasteiger partial charge is 0.0728 e. The van der Waals surface area contributed by atoms with Gasteiger partial charge in [-0.25, -0.2) is 0 Å². The fraction of sp³-hybridized carbons (Fsp3) is 0.400. The second kappa shape index (κ2) is 6.88. The Hall–Kier alpha value is -1.59. The molecule has 0 aliphatic rings. The summed E-state index contributed by atoms with van der Waals surface area (Å²) in [5.41, 5.74) is 0.759. The normalized spacial score (nSPS) is 13.6. The van der Waals surface area contributed by atoms with Crippen molar-refractivity contribution in [2.75, 3.05) is 6.61 Å². The lowest BCUT2D eigenvalue weighted by atomic mass is 9.88. The van der Waals surface area contributed by atoms with Gasteiger partial charge in [0.1, 0.15) is 0 Å². The number of rotatable bonds is 7. The van der Waals surface area contributed by atoms with Crippen LogP contribution in [0.25, 0.3) is 0 Å². The highest BCUT2D eigenvalue weighted by Gasteiger charge is 2.18. The summed E-state index contributed by atoms with van der Waals surface area (Å²) in [5.74, 6) is 0. The highest BCUT2D eigenvalue weighted by Crippen LogP contribution is 2.23. The van der Waals surface area contributed by atoms with Gasteiger partial charge in [-0.05, 0) is 25.3 Å². The number of benzene rings is 1. The fourth-order valence-electron chi connectivity index (χ4n) is 1.51. The molecule has 0 aliphatic carbocycles. The van der Waals surface area contributed by atoms with E-state index in [2.05, 4.69) is 12.6 Å². The van der Waals surface area contributed by atoms with E-state index in [-0.39, 0.29) is 0 Å². The Labute approximate surface area is 104 Å². The van der Waals surface area contributed by atoms with Crippen molar-refractivity contribution in [2.45, 2.75) is 26.4 Å². The molecule has 0 amide bonds. The van der Waals surface area contributed by atoms with Gasteiger partial charge in [0.05, 0.1) is 18.1 Å². The molecule has 0 saturated carbocycles. The van der Waals surface area contributed by atoms with Crippen LogP contribution >= 0.6 is 0 Å². The van der Waals surface area contributed by atoms with Crippen LogP contribution in [0.3, 0.4) is 0 Å². The predicted octanol–water partition coefficient (Wildman–Crippen LogP) is 3.70. The summed E-state index contributed by atoms with van der Waals surface area (Å²) < 4.78 is 5.56. The van der Waals surface area contributed by atoms with Gasteiger partial charge in [0.15, 0.2) is 0 Å². The SMILES string of the molecule is C=CC(C)(C#N)CCCOCc1ccccc1. The third-order valence-electron chi connectivity index (χ3n) is 2.80. The van der Waals surface area contributed by atoms with E-state index in [0.29, 0.717) is 13.2 Å². The molecule has 0 heterocycles. The number of hydrogen-bond acceptors (Lipinski definition) is 2. The fourth-order valence-corrected chi connectivity index (χ4v) is 1.51. The summed E-state index contributed by atoms with van der Waals surface area (Å²) in [4.78, 5) is 0. The Kier molecular flexibility index (Phi) is 5.45. The molecule has 0 fully saturated rings. The highest BCUT2D eigenvalue weighted by molar-refractivity contribution is 5.13. The van der Waals surface area contributed by atoms with Crippen molar-refractivity contribution in [1.82, 2.24) is 0 Å². The first kappa shape index (κ1) is 13.5. The molecule has 0 aromatic heterocycles. The Bertz CT molecular complexity index is 380. The van der Waals surface area contributed by atoms with Gasteiger partial charge in [-0.1, -0.05) is 36.4 Å². The molecule has 0 spiro atoms. The van der Waals surface area contributed by atoms with Gasteiger partial charge in [0, 0.05) is 6.61 Å². The average molecular weight is 229 g/mol. The second-order valence-electron chi connectivity index (χ2n) is 4.38. The van der Waals surface area contributed by atoms with Crippen molar-refractivity contribution >= 4 is 0 Å². The number of ether oxygens (including phenoxy) is 1. The van der Waals surface area contributed by atoms with E-state index in [4.69, 9.17) is 10.00 Å². The summed E-state index contributed by atoms with van der Waals surface area (Å²) in [6.45, 7) is 6.90. The van der Waals surface area contributed by atoms with Gasteiger partial charge in [-0.15, -0.1) is 6.58 Å². The molecule has 1 rings (SSSR count). The summed E-state index contributed by atoms with van der Waals surface area (Å²) >= 11 is 0. The lowest BCUT2D eigenvalue weighted by Gasteiger charge is -2.15. The van der Waals surface area contributed by atoms with Crippen LogP contribution in [0.2, 0.25) is 0 Å². The highest BCUT2D eigenvalue weighted by atomic mass is 16.5. The van der Waals surface area contributed by atoms with Crippen molar-refractivity contribution in [3.05, 3.63) is 48.6 Å². The summed E-state index contributed by atoms with van der Waals surface area (Å²) in [6, 6.07) is 12.4. The third kappa shape index (κ3) is 4.84. The topological polar surface area (TPSA) is 33.0 Å². The molecule has 0 bridgehead atoms. The standard InChI is InChI=1S/C15H19NO/c1-3-15(2,13-16)10-7-11-17-12-14-8-5-4-6-9-14/h3-6,8-9H,1,7,10-12H2,2H3. The van der Waals surface area contributed by atoms with E-state index in [9.17, 15) is 0 Å². The quantitative estimate of drug-likeness (QED) is 0.527. The third-order valence-corrected chi connectivity index (χ3v) is 2.80. The van der Waals surface area contributed by atoms with E-state index in [1.165, 1.54) is 5.56 Å². The monoisotopic (exact) mass is 229 g/mol. The molecule has 1 atom stereocenters. The van der Waals surface area contributed by atoms with Crippen LogP contribution in [0.15, 0.2) is 43.0 Å². The minimum Gasteiger partial charge on any atom is -0.377 e. The number of hydrogen-bond donors (Lipinski definition) is 0. The van der Waals surface area contributed by atoms with Crippen molar-refractivity contribution < 1.29 is 4.74 Å². The molecule has 0 aliphatic heterocycles. The van der Waals surface area contributed by atoms with Gasteiger partial charge >= 0.3 is 0 Å². The molecule has 90 valence electrons. The number of nitriles is 1. The molecule has 2 nitrogen and oxygen atoms in total. The molecule has 2 heteroatoms. The summed E-state index contributed by atoms with van der Waals surface area (Å²) in [5, 5.41) is 8.96. The summed E-state index contributed by atoms with van der Waals surface area (Å²) in [7, 11) is 0. The molecular formula is C15H19NO. The minimum absolute atomic E-state index is 0.421. The molecule has 17 heavy (non-hydrogen) atoms. The Morgan fingerprint density at radius 3 is 2.71 bits per heavy atom. The van der Waals surface area contributed by atoms with E-state index < -0.39 is 5.41 Å². The first-order valence-corrected chi connectivity index (χ1v) is 5.87. The van der Waals surface area contributed by atoms with E-state index in [1.807, 2.05) is 37.3 Å². The lowest BCUT2D eigenvalue weighted by molar-refractivity contribution is 0.113. The minimum atomic E-state index is -0.421. The number of allylic oxidation sites excluding steroid dienone is 1. The van der Waals surface area contributed by atoms with Crippen LogP contribution in [0.1, 0.15) is 25.3 Å². The lowest BCUT2D eigenvalue weighted by Crippen LogP contribution is -2.10. The van der Waals surface area contributed by atoms with Gasteiger partial charge in [0.2, 0.25) is 0 Å². The molecule has 1 unspecified atom stereocenters. The molecule has 0 radical (unpaired) electrons. The van der Waals surface area contributed by atoms with Crippen molar-refractivity contribution in [3.63, 3.8) is 0 Å². The van der Waals surface area contributed by atoms with Gasteiger partial charge in [-0.2, -0.15) is 5.26 Å². The summed E-state index contributed by atoms with van der Waals surface area (Å²) in [6.07, 6.45) is 3.38. The maximum absolute atomic E-state index is 8.96. The average Bonchev–Trinajstić information content (AvgIpc) is 2.39. The number of nitrogens with zero attached hydrogens (tertiary/aromatic N) is 1. The Morgan fingerprint density at radius 1 is 1.41 bits per heavy atom. The first-order valence-electron chi connectivity index (χ1n) is 5.87. The Morgan fingerprint density at radius 2 is 2.12 bits per heavy atom. The molecule has 1 aromatic rings. The zero-order valence-electron chi connectivity index (χ0n) is 10.4.